The summed E-state index contributed by atoms with van der Waals surface area (Å²) in [6, 6.07) is 6.69. The molecule has 1 aliphatic heterocycles. The van der Waals surface area contributed by atoms with Gasteiger partial charge in [0, 0.05) is 24.0 Å². The lowest BCUT2D eigenvalue weighted by molar-refractivity contribution is -0.152. The van der Waals surface area contributed by atoms with Gasteiger partial charge in [-0.25, -0.2) is 0 Å². The van der Waals surface area contributed by atoms with Crippen molar-refractivity contribution in [3.8, 4) is 0 Å². The Kier molecular flexibility index (Phi) is 8.34. The molecule has 0 bridgehead atoms. The van der Waals surface area contributed by atoms with E-state index in [2.05, 4.69) is 0 Å². The Morgan fingerprint density at radius 3 is 2.45 bits per heavy atom. The number of carboxylic acids is 1. The SMILES string of the molecule is CCCN(CCN1C(=O)C(CC(=O)O)CCC1c1ccc(Cl)cc1)CC(F)(F)F. The van der Waals surface area contributed by atoms with Crippen molar-refractivity contribution in [2.75, 3.05) is 26.2 Å². The minimum Gasteiger partial charge on any atom is -0.481 e. The van der Waals surface area contributed by atoms with Gasteiger partial charge in [0.15, 0.2) is 0 Å². The Balaban J connectivity index is 2.19. The van der Waals surface area contributed by atoms with Crippen LogP contribution in [-0.2, 0) is 9.59 Å². The van der Waals surface area contributed by atoms with E-state index < -0.39 is 24.6 Å². The van der Waals surface area contributed by atoms with Crippen LogP contribution in [0.15, 0.2) is 24.3 Å². The fourth-order valence-corrected chi connectivity index (χ4v) is 3.94. The van der Waals surface area contributed by atoms with Crippen LogP contribution in [0.5, 0.6) is 0 Å². The van der Waals surface area contributed by atoms with Crippen molar-refractivity contribution in [1.29, 1.82) is 0 Å². The van der Waals surface area contributed by atoms with Gasteiger partial charge in [0.1, 0.15) is 0 Å². The number of halogens is 4. The molecule has 0 spiro atoms. The molecule has 1 aliphatic rings. The number of hydrogen-bond acceptors (Lipinski definition) is 3. The van der Waals surface area contributed by atoms with Gasteiger partial charge >= 0.3 is 12.1 Å². The maximum atomic E-state index is 13.0. The average Bonchev–Trinajstić information content (AvgIpc) is 2.61. The van der Waals surface area contributed by atoms with E-state index in [0.717, 1.165) is 5.56 Å². The molecule has 29 heavy (non-hydrogen) atoms. The molecule has 1 saturated heterocycles. The van der Waals surface area contributed by atoms with Crippen molar-refractivity contribution in [3.05, 3.63) is 34.9 Å². The summed E-state index contributed by atoms with van der Waals surface area (Å²) < 4.78 is 38.6. The van der Waals surface area contributed by atoms with Crippen LogP contribution >= 0.6 is 11.6 Å². The van der Waals surface area contributed by atoms with E-state index in [1.54, 1.807) is 36.1 Å². The Bertz CT molecular complexity index is 697. The molecule has 1 heterocycles. The topological polar surface area (TPSA) is 60.9 Å². The zero-order valence-corrected chi connectivity index (χ0v) is 17.0. The first-order chi connectivity index (χ1) is 13.6. The van der Waals surface area contributed by atoms with E-state index in [1.807, 2.05) is 0 Å². The van der Waals surface area contributed by atoms with Crippen LogP contribution in [0, 0.1) is 5.92 Å². The highest BCUT2D eigenvalue weighted by atomic mass is 35.5. The lowest BCUT2D eigenvalue weighted by Crippen LogP contribution is -2.48. The van der Waals surface area contributed by atoms with Crippen LogP contribution in [-0.4, -0.2) is 59.1 Å². The minimum absolute atomic E-state index is 0.0724. The number of amides is 1. The monoisotopic (exact) mass is 434 g/mol. The Morgan fingerprint density at radius 2 is 1.90 bits per heavy atom. The largest absolute Gasteiger partial charge is 0.481 e. The third-order valence-electron chi connectivity index (χ3n) is 5.07. The van der Waals surface area contributed by atoms with Crippen LogP contribution in [0.1, 0.15) is 44.2 Å². The zero-order chi connectivity index (χ0) is 21.6. The second-order valence-corrected chi connectivity index (χ2v) is 7.80. The summed E-state index contributed by atoms with van der Waals surface area (Å²) >= 11 is 5.94. The van der Waals surface area contributed by atoms with Crippen molar-refractivity contribution in [2.24, 2.45) is 5.92 Å². The number of piperidine rings is 1. The normalized spacial score (nSPS) is 20.3. The highest BCUT2D eigenvalue weighted by Gasteiger charge is 2.37. The first-order valence-corrected chi connectivity index (χ1v) is 10.1. The first-order valence-electron chi connectivity index (χ1n) is 9.67. The molecule has 9 heteroatoms. The minimum atomic E-state index is -4.32. The summed E-state index contributed by atoms with van der Waals surface area (Å²) in [5, 5.41) is 9.63. The van der Waals surface area contributed by atoms with Gasteiger partial charge in [0.2, 0.25) is 5.91 Å². The van der Waals surface area contributed by atoms with Crippen LogP contribution in [0.3, 0.4) is 0 Å². The lowest BCUT2D eigenvalue weighted by Gasteiger charge is -2.40. The molecule has 1 aromatic carbocycles. The molecule has 1 fully saturated rings. The van der Waals surface area contributed by atoms with Crippen molar-refractivity contribution in [3.63, 3.8) is 0 Å². The van der Waals surface area contributed by atoms with Crippen LogP contribution < -0.4 is 0 Å². The van der Waals surface area contributed by atoms with Gasteiger partial charge in [0.25, 0.3) is 0 Å². The summed E-state index contributed by atoms with van der Waals surface area (Å²) in [4.78, 5) is 26.9. The van der Waals surface area contributed by atoms with Gasteiger partial charge in [-0.05, 0) is 43.5 Å². The van der Waals surface area contributed by atoms with E-state index in [1.165, 1.54) is 4.90 Å². The summed E-state index contributed by atoms with van der Waals surface area (Å²) in [5.74, 6) is -2.03. The molecule has 0 radical (unpaired) electrons. The molecule has 2 rings (SSSR count). The van der Waals surface area contributed by atoms with E-state index in [-0.39, 0.29) is 38.0 Å². The number of rotatable bonds is 9. The Labute approximate surface area is 173 Å². The lowest BCUT2D eigenvalue weighted by atomic mass is 9.86. The molecule has 1 amide bonds. The number of aliphatic carboxylic acids is 1. The van der Waals surface area contributed by atoms with Gasteiger partial charge in [-0.15, -0.1) is 0 Å². The molecule has 0 aromatic heterocycles. The quantitative estimate of drug-likeness (QED) is 0.627. The highest BCUT2D eigenvalue weighted by Crippen LogP contribution is 2.36. The molecule has 1 aromatic rings. The number of carboxylic acid groups (broad SMARTS) is 1. The number of likely N-dealkylation sites (tertiary alicyclic amines) is 1. The summed E-state index contributed by atoms with van der Waals surface area (Å²) in [5.41, 5.74) is 0.842. The maximum Gasteiger partial charge on any atom is 0.401 e. The number of benzene rings is 1. The van der Waals surface area contributed by atoms with Crippen molar-refractivity contribution in [2.45, 2.75) is 44.8 Å². The molecule has 2 atom stereocenters. The molecule has 162 valence electrons. The van der Waals surface area contributed by atoms with Crippen molar-refractivity contribution in [1.82, 2.24) is 9.80 Å². The van der Waals surface area contributed by atoms with E-state index in [9.17, 15) is 22.8 Å². The summed E-state index contributed by atoms with van der Waals surface area (Å²) in [6.45, 7) is 1.22. The Morgan fingerprint density at radius 1 is 1.24 bits per heavy atom. The van der Waals surface area contributed by atoms with Crippen LogP contribution in [0.2, 0.25) is 5.02 Å². The maximum absolute atomic E-state index is 13.0. The number of nitrogens with zero attached hydrogens (tertiary/aromatic N) is 2. The Hall–Kier alpha value is -1.80. The summed E-state index contributed by atoms with van der Waals surface area (Å²) in [6.07, 6.45) is -3.05. The number of alkyl halides is 3. The van der Waals surface area contributed by atoms with Crippen molar-refractivity contribution >= 4 is 23.5 Å². The van der Waals surface area contributed by atoms with Gasteiger partial charge in [-0.2, -0.15) is 13.2 Å². The third-order valence-corrected chi connectivity index (χ3v) is 5.32. The molecular weight excluding hydrogens is 409 g/mol. The number of carbonyl (C=O) groups is 2. The second kappa shape index (κ2) is 10.3. The highest BCUT2D eigenvalue weighted by molar-refractivity contribution is 6.30. The smallest absolute Gasteiger partial charge is 0.401 e. The second-order valence-electron chi connectivity index (χ2n) is 7.36. The fraction of sp³-hybridized carbons (Fsp3) is 0.600. The van der Waals surface area contributed by atoms with Gasteiger partial charge < -0.3 is 10.0 Å². The third kappa shape index (κ3) is 7.19. The van der Waals surface area contributed by atoms with E-state index in [4.69, 9.17) is 16.7 Å². The molecule has 0 saturated carbocycles. The van der Waals surface area contributed by atoms with Crippen LogP contribution in [0.25, 0.3) is 0 Å². The predicted octanol–water partition coefficient (Wildman–Crippen LogP) is 4.37. The van der Waals surface area contributed by atoms with Crippen molar-refractivity contribution < 1.29 is 27.9 Å². The predicted molar refractivity (Wildman–Crippen MR) is 104 cm³/mol. The molecule has 0 aliphatic carbocycles. The fourth-order valence-electron chi connectivity index (χ4n) is 3.81. The first kappa shape index (κ1) is 23.5. The summed E-state index contributed by atoms with van der Waals surface area (Å²) in [7, 11) is 0. The van der Waals surface area contributed by atoms with Gasteiger partial charge in [0.05, 0.1) is 19.0 Å². The van der Waals surface area contributed by atoms with E-state index >= 15 is 0 Å². The molecule has 1 N–H and O–H groups in total. The zero-order valence-electron chi connectivity index (χ0n) is 16.3. The van der Waals surface area contributed by atoms with Gasteiger partial charge in [-0.1, -0.05) is 30.7 Å². The molecule has 2 unspecified atom stereocenters. The van der Waals surface area contributed by atoms with E-state index in [0.29, 0.717) is 24.3 Å². The number of carbonyl (C=O) groups excluding carboxylic acids is 1. The average molecular weight is 435 g/mol. The molecular formula is C20H26ClF3N2O3. The van der Waals surface area contributed by atoms with Crippen LogP contribution in [0.4, 0.5) is 13.2 Å². The standard InChI is InChI=1S/C20H26ClF3N2O3/c1-2-9-25(13-20(22,23)24)10-11-26-17(14-3-6-16(21)7-4-14)8-5-15(19(26)29)12-18(27)28/h3-4,6-7,15,17H,2,5,8-13H2,1H3,(H,27,28). The number of hydrogen-bond donors (Lipinski definition) is 1. The molecule has 5 nitrogen and oxygen atoms in total. The van der Waals surface area contributed by atoms with Gasteiger partial charge in [-0.3, -0.25) is 14.5 Å².